The van der Waals surface area contributed by atoms with Crippen molar-refractivity contribution in [3.05, 3.63) is 64.8 Å². The number of hydrogen-bond donors (Lipinski definition) is 5. The number of primary amides is 1. The molecule has 3 heterocycles. The molecule has 2 aromatic heterocycles. The molecule has 35 heavy (non-hydrogen) atoms. The number of hydrogen-bond acceptors (Lipinski definition) is 7. The Morgan fingerprint density at radius 1 is 1.23 bits per heavy atom. The molecule has 0 atom stereocenters. The van der Waals surface area contributed by atoms with Gasteiger partial charge in [-0.2, -0.15) is 0 Å². The van der Waals surface area contributed by atoms with Crippen molar-refractivity contribution in [3.8, 4) is 11.4 Å². The van der Waals surface area contributed by atoms with Crippen LogP contribution in [-0.2, 0) is 13.0 Å². The van der Waals surface area contributed by atoms with Crippen molar-refractivity contribution in [2.24, 2.45) is 5.73 Å². The Balaban J connectivity index is 1.60. The van der Waals surface area contributed by atoms with Gasteiger partial charge in [0.05, 0.1) is 11.1 Å². The molecule has 1 aliphatic heterocycles. The van der Waals surface area contributed by atoms with Crippen LogP contribution in [0.1, 0.15) is 33.6 Å². The summed E-state index contributed by atoms with van der Waals surface area (Å²) in [6.07, 6.45) is 1.86. The van der Waals surface area contributed by atoms with E-state index in [1.807, 2.05) is 32.2 Å². The predicted molar refractivity (Wildman–Crippen MR) is 138 cm³/mol. The average molecular weight is 470 g/mol. The lowest BCUT2D eigenvalue weighted by molar-refractivity contribution is 0.100. The molecule has 6 N–H and O–H groups in total. The third-order valence-corrected chi connectivity index (χ3v) is 6.49. The van der Waals surface area contributed by atoms with E-state index in [9.17, 15) is 14.8 Å². The van der Waals surface area contributed by atoms with Gasteiger partial charge in [0.15, 0.2) is 5.82 Å². The van der Waals surface area contributed by atoms with E-state index in [2.05, 4.69) is 15.2 Å². The fourth-order valence-electron chi connectivity index (χ4n) is 4.77. The number of nitrogens with two attached hydrogens (primary N) is 1. The number of H-pyrrole nitrogens is 1. The molecular weight excluding hydrogens is 443 g/mol. The summed E-state index contributed by atoms with van der Waals surface area (Å²) in [5.74, 6) is 1.69. The van der Waals surface area contributed by atoms with E-state index >= 15 is 0 Å². The third kappa shape index (κ3) is 4.22. The molecule has 10 heteroatoms. The number of aryl methyl sites for hydroxylation is 1. The second-order valence-electron chi connectivity index (χ2n) is 8.91. The van der Waals surface area contributed by atoms with Gasteiger partial charge in [-0.25, -0.2) is 9.97 Å². The maximum atomic E-state index is 12.0. The van der Waals surface area contributed by atoms with Gasteiger partial charge in [-0.05, 0) is 36.9 Å². The Morgan fingerprint density at radius 3 is 2.80 bits per heavy atom. The summed E-state index contributed by atoms with van der Waals surface area (Å²) in [4.78, 5) is 27.3. The van der Waals surface area contributed by atoms with Crippen LogP contribution in [0.25, 0.3) is 22.3 Å². The van der Waals surface area contributed by atoms with Crippen LogP contribution in [-0.4, -0.2) is 51.6 Å². The number of carbonyl (C=O) groups is 1. The van der Waals surface area contributed by atoms with Gasteiger partial charge < -0.3 is 31.0 Å². The number of rotatable bonds is 6. The minimum absolute atomic E-state index is 0.427. The molecule has 0 saturated heterocycles. The van der Waals surface area contributed by atoms with Gasteiger partial charge in [0.1, 0.15) is 11.6 Å². The van der Waals surface area contributed by atoms with Crippen molar-refractivity contribution in [3.63, 3.8) is 0 Å². The van der Waals surface area contributed by atoms with Crippen molar-refractivity contribution in [1.29, 1.82) is 0 Å². The molecule has 4 aromatic rings. The zero-order valence-corrected chi connectivity index (χ0v) is 19.7. The molecule has 0 unspecified atom stereocenters. The van der Waals surface area contributed by atoms with Crippen LogP contribution in [0.15, 0.2) is 42.5 Å². The summed E-state index contributed by atoms with van der Waals surface area (Å²) in [7, 11) is 0.509. The van der Waals surface area contributed by atoms with E-state index in [0.717, 1.165) is 58.8 Å². The summed E-state index contributed by atoms with van der Waals surface area (Å²) in [6.45, 7) is 3.30. The second kappa shape index (κ2) is 9.05. The minimum Gasteiger partial charge on any atom is -0.423 e. The molecule has 9 nitrogen and oxygen atoms in total. The fourth-order valence-corrected chi connectivity index (χ4v) is 4.77. The minimum atomic E-state index is -1.52. The Morgan fingerprint density at radius 2 is 2.03 bits per heavy atom. The van der Waals surface area contributed by atoms with E-state index in [1.165, 1.54) is 0 Å². The highest BCUT2D eigenvalue weighted by Crippen LogP contribution is 2.36. The molecule has 0 radical (unpaired) electrons. The number of nitrogens with zero attached hydrogens (tertiary/aromatic N) is 3. The number of fused-ring (bicyclic) bond motifs is 2. The SMILES string of the molecule is Cc1[nH]c2c(C(N)=O)cccc2c1-c1nc(NCc2cccc(B(O)O)c2)c2c(n1)N(C)CCC2. The number of aromatic amines is 1. The zero-order valence-electron chi connectivity index (χ0n) is 19.7. The number of carbonyl (C=O) groups excluding carboxylic acids is 1. The van der Waals surface area contributed by atoms with Crippen molar-refractivity contribution in [2.75, 3.05) is 23.8 Å². The van der Waals surface area contributed by atoms with Crippen LogP contribution in [0.5, 0.6) is 0 Å². The van der Waals surface area contributed by atoms with E-state index in [-0.39, 0.29) is 0 Å². The molecular formula is C25H27BN6O3. The Labute approximate surface area is 203 Å². The summed E-state index contributed by atoms with van der Waals surface area (Å²) in [5, 5.41) is 23.3. The first kappa shape index (κ1) is 22.9. The molecule has 178 valence electrons. The maximum Gasteiger partial charge on any atom is 0.488 e. The summed E-state index contributed by atoms with van der Waals surface area (Å²) in [5.41, 5.74) is 10.8. The molecule has 0 spiro atoms. The Kier molecular flexibility index (Phi) is 5.92. The third-order valence-electron chi connectivity index (χ3n) is 6.49. The largest absolute Gasteiger partial charge is 0.488 e. The molecule has 0 bridgehead atoms. The Hall–Kier alpha value is -3.89. The van der Waals surface area contributed by atoms with Gasteiger partial charge in [-0.3, -0.25) is 4.79 Å². The van der Waals surface area contributed by atoms with Crippen LogP contribution in [0, 0.1) is 6.92 Å². The lowest BCUT2D eigenvalue weighted by Gasteiger charge is -2.28. The first-order valence-electron chi connectivity index (χ1n) is 11.6. The topological polar surface area (TPSA) is 140 Å². The summed E-state index contributed by atoms with van der Waals surface area (Å²) >= 11 is 0. The lowest BCUT2D eigenvalue weighted by Crippen LogP contribution is -2.30. The monoisotopic (exact) mass is 470 g/mol. The quantitative estimate of drug-likeness (QED) is 0.270. The predicted octanol–water partition coefficient (Wildman–Crippen LogP) is 1.71. The fraction of sp³-hybridized carbons (Fsp3) is 0.240. The van der Waals surface area contributed by atoms with Gasteiger partial charge in [0, 0.05) is 42.3 Å². The smallest absolute Gasteiger partial charge is 0.423 e. The number of benzene rings is 2. The highest BCUT2D eigenvalue weighted by molar-refractivity contribution is 6.58. The van der Waals surface area contributed by atoms with Gasteiger partial charge in [-0.1, -0.05) is 36.4 Å². The molecule has 2 aromatic carbocycles. The van der Waals surface area contributed by atoms with Gasteiger partial charge in [0.2, 0.25) is 0 Å². The molecule has 0 aliphatic carbocycles. The van der Waals surface area contributed by atoms with E-state index in [4.69, 9.17) is 15.7 Å². The number of aromatic nitrogens is 3. The van der Waals surface area contributed by atoms with Crippen LogP contribution >= 0.6 is 0 Å². The van der Waals surface area contributed by atoms with Crippen LogP contribution < -0.4 is 21.4 Å². The molecule has 5 rings (SSSR count). The first-order valence-corrected chi connectivity index (χ1v) is 11.6. The summed E-state index contributed by atoms with van der Waals surface area (Å²) < 4.78 is 0. The van der Waals surface area contributed by atoms with Crippen molar-refractivity contribution in [1.82, 2.24) is 15.0 Å². The second-order valence-corrected chi connectivity index (χ2v) is 8.91. The lowest BCUT2D eigenvalue weighted by atomic mass is 9.79. The first-order chi connectivity index (χ1) is 16.8. The number of nitrogens with one attached hydrogen (secondary N) is 2. The molecule has 1 amide bonds. The van der Waals surface area contributed by atoms with Gasteiger partial charge in [-0.15, -0.1) is 0 Å². The Bertz CT molecular complexity index is 1430. The number of anilines is 2. The number of para-hydroxylation sites is 1. The average Bonchev–Trinajstić information content (AvgIpc) is 3.18. The highest BCUT2D eigenvalue weighted by Gasteiger charge is 2.24. The standard InChI is InChI=1S/C25H27BN6O3/c1-14-20(17-8-4-9-18(22(27)33)21(17)29-14)24-30-23(19-10-5-11-32(2)25(19)31-24)28-13-15-6-3-7-16(12-15)26(34)35/h3-4,6-9,12,29,34-35H,5,10-11,13H2,1-2H3,(H2,27,33)(H,28,30,31). The normalized spacial score (nSPS) is 13.1. The zero-order chi connectivity index (χ0) is 24.7. The van der Waals surface area contributed by atoms with Crippen molar-refractivity contribution < 1.29 is 14.8 Å². The van der Waals surface area contributed by atoms with Crippen molar-refractivity contribution in [2.45, 2.75) is 26.3 Å². The van der Waals surface area contributed by atoms with E-state index in [1.54, 1.807) is 24.3 Å². The van der Waals surface area contributed by atoms with Crippen LogP contribution in [0.2, 0.25) is 0 Å². The van der Waals surface area contributed by atoms with E-state index < -0.39 is 13.0 Å². The summed E-state index contributed by atoms with van der Waals surface area (Å²) in [6, 6.07) is 12.6. The van der Waals surface area contributed by atoms with Gasteiger partial charge >= 0.3 is 7.12 Å². The number of amides is 1. The molecule has 1 aliphatic rings. The highest BCUT2D eigenvalue weighted by atomic mass is 16.4. The van der Waals surface area contributed by atoms with Crippen LogP contribution in [0.4, 0.5) is 11.6 Å². The molecule has 0 fully saturated rings. The van der Waals surface area contributed by atoms with E-state index in [0.29, 0.717) is 28.9 Å². The maximum absolute atomic E-state index is 12.0. The van der Waals surface area contributed by atoms with Crippen molar-refractivity contribution >= 4 is 41.0 Å². The van der Waals surface area contributed by atoms with Gasteiger partial charge in [0.25, 0.3) is 5.91 Å². The van der Waals surface area contributed by atoms with Crippen LogP contribution in [0.3, 0.4) is 0 Å². The molecule has 0 saturated carbocycles.